The third-order valence-electron chi connectivity index (χ3n) is 7.12. The van der Waals surface area contributed by atoms with Crippen molar-refractivity contribution in [2.24, 2.45) is 17.3 Å². The highest BCUT2D eigenvalue weighted by molar-refractivity contribution is 5.90. The fourth-order valence-corrected chi connectivity index (χ4v) is 4.94. The molecule has 0 spiro atoms. The summed E-state index contributed by atoms with van der Waals surface area (Å²) in [5.41, 5.74) is -0.574. The second-order valence-electron chi connectivity index (χ2n) is 11.1. The summed E-state index contributed by atoms with van der Waals surface area (Å²) in [6, 6.07) is -0.919. The van der Waals surface area contributed by atoms with Crippen molar-refractivity contribution in [3.8, 4) is 0 Å². The van der Waals surface area contributed by atoms with E-state index in [0.29, 0.717) is 19.0 Å². The second kappa shape index (κ2) is 12.9. The van der Waals surface area contributed by atoms with Gasteiger partial charge in [-0.2, -0.15) is 0 Å². The average Bonchev–Trinajstić information content (AvgIpc) is 3.22. The molecule has 1 saturated carbocycles. The molecule has 9 heteroatoms. The summed E-state index contributed by atoms with van der Waals surface area (Å²) in [4.78, 5) is 52.8. The fraction of sp³-hybridized carbons (Fsp3) is 0.769. The Bertz CT molecular complexity index is 772. The van der Waals surface area contributed by atoms with Crippen LogP contribution < -0.4 is 10.6 Å². The summed E-state index contributed by atoms with van der Waals surface area (Å²) in [6.07, 6.45) is 7.32. The van der Waals surface area contributed by atoms with Crippen molar-refractivity contribution in [1.82, 2.24) is 20.4 Å². The zero-order chi connectivity index (χ0) is 26.2. The van der Waals surface area contributed by atoms with Crippen LogP contribution in [0.3, 0.4) is 0 Å². The summed E-state index contributed by atoms with van der Waals surface area (Å²) in [6.45, 7) is 11.9. The first-order chi connectivity index (χ1) is 16.5. The van der Waals surface area contributed by atoms with Crippen LogP contribution in [0.25, 0.3) is 0 Å². The normalized spacial score (nSPS) is 22.6. The molecule has 2 atom stereocenters. The number of nitrogens with zero attached hydrogens (tertiary/aromatic N) is 2. The Balaban J connectivity index is 1.94. The van der Waals surface area contributed by atoms with Crippen molar-refractivity contribution in [1.29, 1.82) is 0 Å². The van der Waals surface area contributed by atoms with E-state index in [1.807, 2.05) is 20.8 Å². The van der Waals surface area contributed by atoms with Gasteiger partial charge in [-0.25, -0.2) is 4.79 Å². The third-order valence-corrected chi connectivity index (χ3v) is 7.12. The average molecular weight is 493 g/mol. The van der Waals surface area contributed by atoms with Crippen molar-refractivity contribution in [3.05, 3.63) is 12.7 Å². The van der Waals surface area contributed by atoms with Crippen molar-refractivity contribution >= 4 is 23.8 Å². The van der Waals surface area contributed by atoms with E-state index in [1.165, 1.54) is 25.3 Å². The predicted molar refractivity (Wildman–Crippen MR) is 135 cm³/mol. The Morgan fingerprint density at radius 1 is 1.23 bits per heavy atom. The molecule has 0 bridgehead atoms. The first-order valence-electron chi connectivity index (χ1n) is 12.9. The summed E-state index contributed by atoms with van der Waals surface area (Å²) in [7, 11) is 0. The quantitative estimate of drug-likeness (QED) is 0.362. The number of nitrogens with one attached hydrogen (secondary N) is 2. The lowest BCUT2D eigenvalue weighted by Gasteiger charge is -2.37. The van der Waals surface area contributed by atoms with Crippen LogP contribution in [0, 0.1) is 17.3 Å². The van der Waals surface area contributed by atoms with Crippen LogP contribution in [0.2, 0.25) is 0 Å². The van der Waals surface area contributed by atoms with Crippen LogP contribution >= 0.6 is 0 Å². The van der Waals surface area contributed by atoms with Crippen LogP contribution in [0.5, 0.6) is 0 Å². The number of likely N-dealkylation sites (tertiary alicyclic amines) is 1. The molecule has 0 aromatic rings. The fourth-order valence-electron chi connectivity index (χ4n) is 4.94. The van der Waals surface area contributed by atoms with Crippen molar-refractivity contribution in [3.63, 3.8) is 0 Å². The van der Waals surface area contributed by atoms with Gasteiger partial charge in [0.1, 0.15) is 12.6 Å². The first kappa shape index (κ1) is 28.7. The van der Waals surface area contributed by atoms with Gasteiger partial charge in [-0.05, 0) is 37.0 Å². The molecular formula is C26H44N4O5. The lowest BCUT2D eigenvalue weighted by Crippen LogP contribution is -2.58. The maximum Gasteiger partial charge on any atom is 0.408 e. The third kappa shape index (κ3) is 8.25. The van der Waals surface area contributed by atoms with Gasteiger partial charge >= 0.3 is 6.09 Å². The lowest BCUT2D eigenvalue weighted by atomic mass is 9.72. The van der Waals surface area contributed by atoms with E-state index in [0.717, 1.165) is 30.6 Å². The number of carbonyl (C=O) groups is 4. The van der Waals surface area contributed by atoms with Gasteiger partial charge in [-0.15, -0.1) is 6.58 Å². The van der Waals surface area contributed by atoms with E-state index in [2.05, 4.69) is 24.1 Å². The molecule has 2 fully saturated rings. The highest BCUT2D eigenvalue weighted by Gasteiger charge is 2.40. The van der Waals surface area contributed by atoms with Gasteiger partial charge in [0.2, 0.25) is 17.7 Å². The van der Waals surface area contributed by atoms with Crippen LogP contribution in [0.15, 0.2) is 12.7 Å². The molecule has 4 amide bonds. The molecule has 1 aliphatic heterocycles. The zero-order valence-electron chi connectivity index (χ0n) is 21.8. The first-order valence-corrected chi connectivity index (χ1v) is 12.9. The number of carboxylic acid groups (broad SMARTS) is 1. The zero-order valence-corrected chi connectivity index (χ0v) is 21.8. The van der Waals surface area contributed by atoms with E-state index in [1.54, 1.807) is 4.90 Å². The van der Waals surface area contributed by atoms with Crippen LogP contribution in [-0.4, -0.2) is 77.0 Å². The molecule has 35 heavy (non-hydrogen) atoms. The monoisotopic (exact) mass is 492 g/mol. The highest BCUT2D eigenvalue weighted by atomic mass is 16.4. The molecule has 1 saturated heterocycles. The molecule has 2 unspecified atom stereocenters. The number of hydrogen-bond acceptors (Lipinski definition) is 4. The Morgan fingerprint density at radius 2 is 1.91 bits per heavy atom. The largest absolute Gasteiger partial charge is 0.465 e. The number of unbranched alkanes of at least 4 members (excludes halogenated alkanes) is 1. The summed E-state index contributed by atoms with van der Waals surface area (Å²) in [5, 5.41) is 15.1. The van der Waals surface area contributed by atoms with Gasteiger partial charge < -0.3 is 20.6 Å². The van der Waals surface area contributed by atoms with E-state index < -0.39 is 23.5 Å². The van der Waals surface area contributed by atoms with E-state index in [-0.39, 0.29) is 36.9 Å². The number of carbonyl (C=O) groups excluding carboxylic acids is 3. The minimum atomic E-state index is -1.22. The maximum atomic E-state index is 13.5. The maximum absolute atomic E-state index is 13.5. The minimum Gasteiger partial charge on any atom is -0.465 e. The molecule has 2 aliphatic rings. The molecule has 1 heterocycles. The van der Waals surface area contributed by atoms with Crippen LogP contribution in [-0.2, 0) is 14.4 Å². The highest BCUT2D eigenvalue weighted by Crippen LogP contribution is 2.37. The molecular weight excluding hydrogens is 448 g/mol. The van der Waals surface area contributed by atoms with Crippen LogP contribution in [0.1, 0.15) is 72.6 Å². The molecule has 9 nitrogen and oxygen atoms in total. The summed E-state index contributed by atoms with van der Waals surface area (Å²) < 4.78 is 0. The van der Waals surface area contributed by atoms with Crippen molar-refractivity contribution < 1.29 is 24.3 Å². The summed E-state index contributed by atoms with van der Waals surface area (Å²) in [5.74, 6) is 0.0890. The Morgan fingerprint density at radius 3 is 2.49 bits per heavy atom. The Kier molecular flexibility index (Phi) is 10.6. The number of rotatable bonds is 12. The number of amides is 4. The topological polar surface area (TPSA) is 119 Å². The standard InChI is InChI=1S/C26H44N4O5/c1-6-8-10-18-14-19(15-18)23(32)27-16-20-11-9-13-30(20)24(33)22(26(3,4)5)28-21(31)17-29(12-7-2)25(34)35/h7,18-20,22H,2,6,8-17H2,1,3-5H3,(H,27,32)(H,28,31)(H,34,35). The molecule has 0 aromatic carbocycles. The molecule has 1 aliphatic carbocycles. The van der Waals surface area contributed by atoms with Crippen LogP contribution in [0.4, 0.5) is 4.79 Å². The predicted octanol–water partition coefficient (Wildman–Crippen LogP) is 3.01. The van der Waals surface area contributed by atoms with Crippen molar-refractivity contribution in [2.45, 2.75) is 84.7 Å². The van der Waals surface area contributed by atoms with E-state index >= 15 is 0 Å². The SMILES string of the molecule is C=CCN(CC(=O)NC(C(=O)N1CCCC1CNC(=O)C1CC(CCCC)C1)C(C)(C)C)C(=O)O. The smallest absolute Gasteiger partial charge is 0.408 e. The molecule has 2 rings (SSSR count). The second-order valence-corrected chi connectivity index (χ2v) is 11.1. The van der Waals surface area contributed by atoms with Crippen molar-refractivity contribution in [2.75, 3.05) is 26.2 Å². The Labute approximate surface area is 209 Å². The lowest BCUT2D eigenvalue weighted by molar-refractivity contribution is -0.140. The van der Waals surface area contributed by atoms with E-state index in [4.69, 9.17) is 0 Å². The van der Waals surface area contributed by atoms with E-state index in [9.17, 15) is 24.3 Å². The van der Waals surface area contributed by atoms with Gasteiger partial charge in [0.15, 0.2) is 0 Å². The van der Waals surface area contributed by atoms with Gasteiger partial charge in [0, 0.05) is 31.6 Å². The molecule has 0 radical (unpaired) electrons. The van der Waals surface area contributed by atoms with Gasteiger partial charge in [-0.3, -0.25) is 19.3 Å². The van der Waals surface area contributed by atoms with Gasteiger partial charge in [0.05, 0.1) is 0 Å². The minimum absolute atomic E-state index is 0.0190. The molecule has 0 aromatic heterocycles. The number of hydrogen-bond donors (Lipinski definition) is 3. The molecule has 198 valence electrons. The van der Waals surface area contributed by atoms with Gasteiger partial charge in [0.25, 0.3) is 0 Å². The molecule has 3 N–H and O–H groups in total. The summed E-state index contributed by atoms with van der Waals surface area (Å²) >= 11 is 0. The Hall–Kier alpha value is -2.58. The van der Waals surface area contributed by atoms with Gasteiger partial charge in [-0.1, -0.05) is 53.0 Å².